The predicted molar refractivity (Wildman–Crippen MR) is 78.5 cm³/mol. The van der Waals surface area contributed by atoms with Gasteiger partial charge in [-0.15, -0.1) is 0 Å². The highest BCUT2D eigenvalue weighted by molar-refractivity contribution is 5.13. The highest BCUT2D eigenvalue weighted by Gasteiger charge is 2.47. The van der Waals surface area contributed by atoms with Gasteiger partial charge in [0.05, 0.1) is 6.61 Å². The van der Waals surface area contributed by atoms with E-state index in [1.807, 2.05) is 0 Å². The molecule has 1 aliphatic rings. The molecule has 1 rings (SSSR count). The maximum atomic E-state index is 5.25. The summed E-state index contributed by atoms with van der Waals surface area (Å²) in [7, 11) is 1.77. The Morgan fingerprint density at radius 3 is 2.11 bits per heavy atom. The normalized spacial score (nSPS) is 25.9. The van der Waals surface area contributed by atoms with Crippen molar-refractivity contribution in [2.24, 2.45) is 16.7 Å². The minimum Gasteiger partial charge on any atom is -0.383 e. The predicted octanol–water partition coefficient (Wildman–Crippen LogP) is 3.93. The van der Waals surface area contributed by atoms with Gasteiger partial charge in [0.25, 0.3) is 0 Å². The van der Waals surface area contributed by atoms with E-state index in [1.165, 1.54) is 5.70 Å². The number of rotatable bonds is 3. The van der Waals surface area contributed by atoms with Gasteiger partial charge < -0.3 is 9.64 Å². The van der Waals surface area contributed by atoms with E-state index in [-0.39, 0.29) is 5.41 Å². The Morgan fingerprint density at radius 1 is 1.17 bits per heavy atom. The van der Waals surface area contributed by atoms with Crippen molar-refractivity contribution in [3.05, 3.63) is 12.3 Å². The zero-order chi connectivity index (χ0) is 14.1. The van der Waals surface area contributed by atoms with Gasteiger partial charge in [-0.25, -0.2) is 0 Å². The first-order valence-corrected chi connectivity index (χ1v) is 7.02. The number of hydrogen-bond donors (Lipinski definition) is 0. The summed E-state index contributed by atoms with van der Waals surface area (Å²) >= 11 is 0. The SMILES string of the molecule is C=C1CC(C(C)(C)C)C(C(C)(C)C)N1CCOC. The zero-order valence-corrected chi connectivity index (χ0v) is 13.3. The van der Waals surface area contributed by atoms with Crippen molar-refractivity contribution >= 4 is 0 Å². The zero-order valence-electron chi connectivity index (χ0n) is 13.3. The van der Waals surface area contributed by atoms with Crippen LogP contribution in [0.5, 0.6) is 0 Å². The van der Waals surface area contributed by atoms with Crippen molar-refractivity contribution in [1.82, 2.24) is 4.90 Å². The average Bonchev–Trinajstić information content (AvgIpc) is 2.51. The number of methoxy groups -OCH3 is 1. The van der Waals surface area contributed by atoms with E-state index in [0.717, 1.165) is 19.6 Å². The lowest BCUT2D eigenvalue weighted by Crippen LogP contribution is -2.46. The van der Waals surface area contributed by atoms with Crippen molar-refractivity contribution in [3.63, 3.8) is 0 Å². The molecule has 0 amide bonds. The van der Waals surface area contributed by atoms with E-state index in [9.17, 15) is 0 Å². The molecule has 1 aliphatic heterocycles. The molecule has 1 heterocycles. The summed E-state index contributed by atoms with van der Waals surface area (Å²) in [6.07, 6.45) is 1.12. The largest absolute Gasteiger partial charge is 0.383 e. The summed E-state index contributed by atoms with van der Waals surface area (Å²) in [5, 5.41) is 0. The van der Waals surface area contributed by atoms with Crippen LogP contribution in [0.25, 0.3) is 0 Å². The molecule has 2 nitrogen and oxygen atoms in total. The maximum Gasteiger partial charge on any atom is 0.0637 e. The molecule has 2 atom stereocenters. The van der Waals surface area contributed by atoms with Gasteiger partial charge in [-0.1, -0.05) is 48.1 Å². The third-order valence-corrected chi connectivity index (χ3v) is 4.11. The maximum absolute atomic E-state index is 5.25. The first-order chi connectivity index (χ1) is 8.09. The number of allylic oxidation sites excluding steroid dienone is 1. The van der Waals surface area contributed by atoms with E-state index in [0.29, 0.717) is 17.4 Å². The quantitative estimate of drug-likeness (QED) is 0.755. The molecule has 18 heavy (non-hydrogen) atoms. The summed E-state index contributed by atoms with van der Waals surface area (Å²) in [5.41, 5.74) is 1.88. The van der Waals surface area contributed by atoms with Crippen LogP contribution in [0.2, 0.25) is 0 Å². The smallest absolute Gasteiger partial charge is 0.0637 e. The van der Waals surface area contributed by atoms with Crippen LogP contribution in [0, 0.1) is 16.7 Å². The van der Waals surface area contributed by atoms with Crippen LogP contribution in [0.3, 0.4) is 0 Å². The second-order valence-corrected chi connectivity index (χ2v) is 7.74. The fourth-order valence-electron chi connectivity index (χ4n) is 3.23. The van der Waals surface area contributed by atoms with Crippen molar-refractivity contribution in [3.8, 4) is 0 Å². The molecule has 0 N–H and O–H groups in total. The van der Waals surface area contributed by atoms with Gasteiger partial charge in [-0.2, -0.15) is 0 Å². The fourth-order valence-corrected chi connectivity index (χ4v) is 3.23. The Labute approximate surface area is 113 Å². The first kappa shape index (κ1) is 15.6. The van der Waals surface area contributed by atoms with Crippen LogP contribution in [-0.4, -0.2) is 31.2 Å². The molecule has 0 saturated carbocycles. The molecule has 1 fully saturated rings. The second kappa shape index (κ2) is 5.24. The van der Waals surface area contributed by atoms with Crippen molar-refractivity contribution < 1.29 is 4.74 Å². The number of nitrogens with zero attached hydrogens (tertiary/aromatic N) is 1. The molecule has 0 radical (unpaired) electrons. The van der Waals surface area contributed by atoms with Crippen LogP contribution in [0.1, 0.15) is 48.0 Å². The lowest BCUT2D eigenvalue weighted by atomic mass is 9.68. The molecule has 106 valence electrons. The Kier molecular flexibility index (Phi) is 4.53. The lowest BCUT2D eigenvalue weighted by Gasteiger charge is -2.43. The Bertz CT molecular complexity index is 295. The van der Waals surface area contributed by atoms with Crippen molar-refractivity contribution in [1.29, 1.82) is 0 Å². The van der Waals surface area contributed by atoms with Crippen LogP contribution >= 0.6 is 0 Å². The summed E-state index contributed by atoms with van der Waals surface area (Å²) in [6, 6.07) is 0.556. The van der Waals surface area contributed by atoms with Crippen molar-refractivity contribution in [2.45, 2.75) is 54.0 Å². The van der Waals surface area contributed by atoms with Crippen LogP contribution in [0.15, 0.2) is 12.3 Å². The lowest BCUT2D eigenvalue weighted by molar-refractivity contribution is 0.0564. The van der Waals surface area contributed by atoms with Gasteiger partial charge in [-0.3, -0.25) is 0 Å². The number of likely N-dealkylation sites (tertiary alicyclic amines) is 1. The van der Waals surface area contributed by atoms with Gasteiger partial charge in [0.2, 0.25) is 0 Å². The minimum absolute atomic E-state index is 0.269. The van der Waals surface area contributed by atoms with Crippen LogP contribution in [-0.2, 0) is 4.74 Å². The summed E-state index contributed by atoms with van der Waals surface area (Å²) < 4.78 is 5.25. The molecule has 1 saturated heterocycles. The molecular weight excluding hydrogens is 222 g/mol. The van der Waals surface area contributed by atoms with E-state index >= 15 is 0 Å². The Balaban J connectivity index is 3.00. The van der Waals surface area contributed by atoms with E-state index in [4.69, 9.17) is 4.74 Å². The average molecular weight is 253 g/mol. The first-order valence-electron chi connectivity index (χ1n) is 7.02. The molecule has 0 aromatic rings. The highest BCUT2D eigenvalue weighted by atomic mass is 16.5. The monoisotopic (exact) mass is 253 g/mol. The molecule has 0 aliphatic carbocycles. The number of ether oxygens (including phenoxy) is 1. The third kappa shape index (κ3) is 3.28. The fraction of sp³-hybridized carbons (Fsp3) is 0.875. The molecule has 2 unspecified atom stereocenters. The minimum atomic E-state index is 0.269. The van der Waals surface area contributed by atoms with Gasteiger partial charge in [0.15, 0.2) is 0 Å². The topological polar surface area (TPSA) is 12.5 Å². The molecule has 0 spiro atoms. The Hall–Kier alpha value is -0.500. The summed E-state index contributed by atoms with van der Waals surface area (Å²) in [4.78, 5) is 2.49. The van der Waals surface area contributed by atoms with E-state index in [2.05, 4.69) is 53.0 Å². The second-order valence-electron chi connectivity index (χ2n) is 7.74. The molecular formula is C16H31NO. The van der Waals surface area contributed by atoms with Crippen molar-refractivity contribution in [2.75, 3.05) is 20.3 Å². The summed E-state index contributed by atoms with van der Waals surface area (Å²) in [6.45, 7) is 20.1. The van der Waals surface area contributed by atoms with Crippen LogP contribution < -0.4 is 0 Å². The summed E-state index contributed by atoms with van der Waals surface area (Å²) in [5.74, 6) is 0.668. The molecule has 2 heteroatoms. The molecule has 0 bridgehead atoms. The highest BCUT2D eigenvalue weighted by Crippen LogP contribution is 2.48. The van der Waals surface area contributed by atoms with Crippen LogP contribution in [0.4, 0.5) is 0 Å². The molecule has 0 aromatic carbocycles. The third-order valence-electron chi connectivity index (χ3n) is 4.11. The van der Waals surface area contributed by atoms with Gasteiger partial charge in [-0.05, 0) is 23.2 Å². The molecule has 0 aromatic heterocycles. The van der Waals surface area contributed by atoms with Gasteiger partial charge in [0, 0.05) is 25.4 Å². The standard InChI is InChI=1S/C16H31NO/c1-12-11-13(15(2,3)4)14(16(5,6)7)17(12)9-10-18-8/h13-14H,1,9-11H2,2-8H3. The van der Waals surface area contributed by atoms with Gasteiger partial charge in [0.1, 0.15) is 0 Å². The van der Waals surface area contributed by atoms with E-state index < -0.39 is 0 Å². The van der Waals surface area contributed by atoms with Gasteiger partial charge >= 0.3 is 0 Å². The number of hydrogen-bond acceptors (Lipinski definition) is 2. The Morgan fingerprint density at radius 2 is 1.72 bits per heavy atom. The van der Waals surface area contributed by atoms with E-state index in [1.54, 1.807) is 7.11 Å².